The summed E-state index contributed by atoms with van der Waals surface area (Å²) in [6, 6.07) is -0.201. The Labute approximate surface area is 96.5 Å². The van der Waals surface area contributed by atoms with Gasteiger partial charge in [0, 0.05) is 6.61 Å². The van der Waals surface area contributed by atoms with E-state index in [1.807, 2.05) is 13.8 Å². The fraction of sp³-hybridized carbons (Fsp3) is 0.833. The zero-order chi connectivity index (χ0) is 11.6. The van der Waals surface area contributed by atoms with Gasteiger partial charge in [-0.3, -0.25) is 9.79 Å². The summed E-state index contributed by atoms with van der Waals surface area (Å²) in [5, 5.41) is 2.91. The number of aliphatic imine (C=N–C) groups is 1. The van der Waals surface area contributed by atoms with Crippen LogP contribution in [0.5, 0.6) is 0 Å². The van der Waals surface area contributed by atoms with E-state index in [0.29, 0.717) is 6.61 Å². The van der Waals surface area contributed by atoms with E-state index >= 15 is 0 Å². The minimum Gasteiger partial charge on any atom is -0.367 e. The standard InChI is InChI=1S/C12H20N2O2/c1-3-9-10(15)14-11(13-9)12(16-4-2)7-5-6-8-12/h9H,3-8H2,1-2H3,(H,13,14,15). The van der Waals surface area contributed by atoms with Gasteiger partial charge in [-0.2, -0.15) is 0 Å². The van der Waals surface area contributed by atoms with Gasteiger partial charge in [0.05, 0.1) is 0 Å². The predicted molar refractivity (Wildman–Crippen MR) is 62.5 cm³/mol. The third-order valence-electron chi connectivity index (χ3n) is 3.48. The summed E-state index contributed by atoms with van der Waals surface area (Å²) < 4.78 is 5.87. The maximum atomic E-state index is 11.6. The first-order chi connectivity index (χ1) is 7.72. The van der Waals surface area contributed by atoms with Crippen molar-refractivity contribution in [2.24, 2.45) is 4.99 Å². The molecule has 1 aliphatic carbocycles. The van der Waals surface area contributed by atoms with E-state index < -0.39 is 0 Å². The van der Waals surface area contributed by atoms with E-state index in [9.17, 15) is 4.79 Å². The molecule has 1 heterocycles. The first kappa shape index (κ1) is 11.6. The monoisotopic (exact) mass is 224 g/mol. The lowest BCUT2D eigenvalue weighted by atomic mass is 10.0. The van der Waals surface area contributed by atoms with E-state index in [-0.39, 0.29) is 17.6 Å². The van der Waals surface area contributed by atoms with Crippen LogP contribution in [0.1, 0.15) is 46.0 Å². The van der Waals surface area contributed by atoms with Gasteiger partial charge in [0.15, 0.2) is 0 Å². The van der Waals surface area contributed by atoms with Crippen LogP contribution in [0.4, 0.5) is 0 Å². The number of carbonyl (C=O) groups excluding carboxylic acids is 1. The van der Waals surface area contributed by atoms with Crippen molar-refractivity contribution in [3.8, 4) is 0 Å². The molecule has 4 nitrogen and oxygen atoms in total. The van der Waals surface area contributed by atoms with Crippen LogP contribution in [-0.2, 0) is 9.53 Å². The number of nitrogens with zero attached hydrogens (tertiary/aromatic N) is 1. The van der Waals surface area contributed by atoms with E-state index in [4.69, 9.17) is 4.74 Å². The molecule has 2 aliphatic rings. The summed E-state index contributed by atoms with van der Waals surface area (Å²) >= 11 is 0. The minimum atomic E-state index is -0.297. The highest BCUT2D eigenvalue weighted by molar-refractivity contribution is 6.09. The van der Waals surface area contributed by atoms with Crippen LogP contribution < -0.4 is 5.32 Å². The van der Waals surface area contributed by atoms with E-state index in [1.54, 1.807) is 0 Å². The van der Waals surface area contributed by atoms with Gasteiger partial charge in [-0.15, -0.1) is 0 Å². The number of rotatable bonds is 4. The molecule has 0 aromatic rings. The number of hydrogen-bond acceptors (Lipinski definition) is 3. The summed E-state index contributed by atoms with van der Waals surface area (Å²) in [4.78, 5) is 16.1. The molecule has 1 fully saturated rings. The van der Waals surface area contributed by atoms with Crippen molar-refractivity contribution in [2.45, 2.75) is 57.6 Å². The Morgan fingerprint density at radius 3 is 2.62 bits per heavy atom. The quantitative estimate of drug-likeness (QED) is 0.789. The lowest BCUT2D eigenvalue weighted by Gasteiger charge is -2.28. The van der Waals surface area contributed by atoms with Gasteiger partial charge in [0.1, 0.15) is 17.5 Å². The van der Waals surface area contributed by atoms with Crippen LogP contribution >= 0.6 is 0 Å². The molecular weight excluding hydrogens is 204 g/mol. The second kappa shape index (κ2) is 4.53. The molecule has 0 aromatic carbocycles. The smallest absolute Gasteiger partial charge is 0.250 e. The highest BCUT2D eigenvalue weighted by atomic mass is 16.5. The highest BCUT2D eigenvalue weighted by Crippen LogP contribution is 2.35. The molecule has 16 heavy (non-hydrogen) atoms. The lowest BCUT2D eigenvalue weighted by molar-refractivity contribution is -0.120. The second-order valence-electron chi connectivity index (χ2n) is 4.53. The van der Waals surface area contributed by atoms with Crippen molar-refractivity contribution >= 4 is 11.7 Å². The lowest BCUT2D eigenvalue weighted by Crippen LogP contribution is -2.46. The number of amides is 1. The predicted octanol–water partition coefficient (Wildman–Crippen LogP) is 1.64. The van der Waals surface area contributed by atoms with Gasteiger partial charge in [0.2, 0.25) is 5.91 Å². The third kappa shape index (κ3) is 1.86. The number of hydrogen-bond donors (Lipinski definition) is 1. The molecule has 1 atom stereocenters. The Balaban J connectivity index is 2.18. The molecule has 0 spiro atoms. The first-order valence-electron chi connectivity index (χ1n) is 6.25. The van der Waals surface area contributed by atoms with E-state index in [2.05, 4.69) is 10.3 Å². The molecule has 1 amide bonds. The average molecular weight is 224 g/mol. The Morgan fingerprint density at radius 1 is 1.44 bits per heavy atom. The highest BCUT2D eigenvalue weighted by Gasteiger charge is 2.44. The van der Waals surface area contributed by atoms with Crippen molar-refractivity contribution in [1.29, 1.82) is 0 Å². The van der Waals surface area contributed by atoms with E-state index in [0.717, 1.165) is 37.9 Å². The number of ether oxygens (including phenoxy) is 1. The van der Waals surface area contributed by atoms with Crippen molar-refractivity contribution < 1.29 is 9.53 Å². The Morgan fingerprint density at radius 2 is 2.12 bits per heavy atom. The van der Waals surface area contributed by atoms with Crippen molar-refractivity contribution in [2.75, 3.05) is 6.61 Å². The zero-order valence-electron chi connectivity index (χ0n) is 10.1. The maximum absolute atomic E-state index is 11.6. The molecule has 1 aliphatic heterocycles. The molecule has 1 unspecified atom stereocenters. The van der Waals surface area contributed by atoms with Gasteiger partial charge >= 0.3 is 0 Å². The largest absolute Gasteiger partial charge is 0.367 e. The van der Waals surface area contributed by atoms with Gasteiger partial charge in [0.25, 0.3) is 0 Å². The van der Waals surface area contributed by atoms with Crippen LogP contribution in [0.25, 0.3) is 0 Å². The van der Waals surface area contributed by atoms with Crippen LogP contribution in [0.3, 0.4) is 0 Å². The van der Waals surface area contributed by atoms with Crippen LogP contribution in [0, 0.1) is 0 Å². The van der Waals surface area contributed by atoms with Crippen LogP contribution in [0.2, 0.25) is 0 Å². The third-order valence-corrected chi connectivity index (χ3v) is 3.48. The average Bonchev–Trinajstić information content (AvgIpc) is 2.86. The molecule has 0 saturated heterocycles. The van der Waals surface area contributed by atoms with Crippen molar-refractivity contribution in [1.82, 2.24) is 5.32 Å². The molecule has 0 bridgehead atoms. The SMILES string of the molecule is CCOC1(C2=NC(CC)C(=O)N2)CCCC1. The summed E-state index contributed by atoms with van der Waals surface area (Å²) in [6.07, 6.45) is 5.04. The zero-order valence-corrected chi connectivity index (χ0v) is 10.1. The fourth-order valence-electron chi connectivity index (χ4n) is 2.63. The van der Waals surface area contributed by atoms with E-state index in [1.165, 1.54) is 0 Å². The molecule has 90 valence electrons. The summed E-state index contributed by atoms with van der Waals surface area (Å²) in [5.41, 5.74) is -0.297. The van der Waals surface area contributed by atoms with Crippen LogP contribution in [-0.4, -0.2) is 30.0 Å². The number of nitrogens with one attached hydrogen (secondary N) is 1. The molecule has 1 saturated carbocycles. The summed E-state index contributed by atoms with van der Waals surface area (Å²) in [7, 11) is 0. The normalized spacial score (nSPS) is 28.0. The molecule has 0 radical (unpaired) electrons. The van der Waals surface area contributed by atoms with Gasteiger partial charge in [-0.25, -0.2) is 0 Å². The van der Waals surface area contributed by atoms with Crippen molar-refractivity contribution in [3.05, 3.63) is 0 Å². The molecule has 4 heteroatoms. The summed E-state index contributed by atoms with van der Waals surface area (Å²) in [6.45, 7) is 4.65. The summed E-state index contributed by atoms with van der Waals surface area (Å²) in [5.74, 6) is 0.812. The molecule has 0 aromatic heterocycles. The number of carbonyl (C=O) groups is 1. The Hall–Kier alpha value is -0.900. The van der Waals surface area contributed by atoms with Gasteiger partial charge in [-0.1, -0.05) is 6.92 Å². The fourth-order valence-corrected chi connectivity index (χ4v) is 2.63. The Bertz CT molecular complexity index is 306. The second-order valence-corrected chi connectivity index (χ2v) is 4.53. The first-order valence-corrected chi connectivity index (χ1v) is 6.25. The van der Waals surface area contributed by atoms with Crippen LogP contribution in [0.15, 0.2) is 4.99 Å². The molecule has 2 rings (SSSR count). The topological polar surface area (TPSA) is 50.7 Å². The maximum Gasteiger partial charge on any atom is 0.250 e. The Kier molecular flexibility index (Phi) is 3.28. The number of amidine groups is 1. The minimum absolute atomic E-state index is 0.0310. The van der Waals surface area contributed by atoms with Gasteiger partial charge < -0.3 is 10.1 Å². The van der Waals surface area contributed by atoms with Crippen molar-refractivity contribution in [3.63, 3.8) is 0 Å². The molecule has 1 N–H and O–H groups in total. The molecular formula is C12H20N2O2. The van der Waals surface area contributed by atoms with Gasteiger partial charge in [-0.05, 0) is 39.0 Å².